The van der Waals surface area contributed by atoms with Gasteiger partial charge in [0.25, 0.3) is 0 Å². The highest BCUT2D eigenvalue weighted by Gasteiger charge is 2.37. The van der Waals surface area contributed by atoms with E-state index in [0.29, 0.717) is 5.96 Å². The molecular weight excluding hydrogens is 625 g/mol. The standard InChI is InChI=1S/C45H64N6/c1-4-6-8-10-12-14-16-18-20-28-34-50(35-29-21-19-17-15-13-11-9-7-5-2)44-48-43-41(39-32-26-23-27-33-39)36-40(38-30-24-22-25-31-38)42-46-37(3)47-45(49-44)51(42)43/h22-27,30-33,36H,4-21,28-29,34-35H2,1-3H3. The molecule has 0 saturated heterocycles. The van der Waals surface area contributed by atoms with E-state index in [1.807, 2.05) is 6.92 Å². The molecular formula is C45H64N6. The van der Waals surface area contributed by atoms with Gasteiger partial charge in [-0.2, -0.15) is 15.0 Å². The summed E-state index contributed by atoms with van der Waals surface area (Å²) >= 11 is 0. The lowest BCUT2D eigenvalue weighted by molar-refractivity contribution is 0.377. The summed E-state index contributed by atoms with van der Waals surface area (Å²) in [5.41, 5.74) is 4.39. The first-order valence-electron chi connectivity index (χ1n) is 20.6. The first-order chi connectivity index (χ1) is 25.2. The lowest BCUT2D eigenvalue weighted by atomic mass is 9.93. The third-order valence-electron chi connectivity index (χ3n) is 10.3. The summed E-state index contributed by atoms with van der Waals surface area (Å²) in [5, 5.41) is 0. The fraction of sp³-hybridized carbons (Fsp3) is 0.556. The summed E-state index contributed by atoms with van der Waals surface area (Å²) in [6.45, 7) is 8.52. The Hall–Kier alpha value is -3.80. The molecule has 0 bridgehead atoms. The van der Waals surface area contributed by atoms with Gasteiger partial charge in [0.05, 0.1) is 0 Å². The van der Waals surface area contributed by atoms with Crippen LogP contribution >= 0.6 is 0 Å². The normalized spacial score (nSPS) is 15.2. The quantitative estimate of drug-likeness (QED) is 0.103. The van der Waals surface area contributed by atoms with Crippen molar-refractivity contribution in [3.8, 4) is 0 Å². The summed E-state index contributed by atoms with van der Waals surface area (Å²) < 4.78 is 0. The molecule has 3 aliphatic rings. The molecule has 0 atom stereocenters. The van der Waals surface area contributed by atoms with E-state index in [1.165, 1.54) is 128 Å². The van der Waals surface area contributed by atoms with E-state index in [0.717, 1.165) is 58.8 Å². The number of hydrogen-bond acceptors (Lipinski definition) is 6. The molecule has 3 aliphatic heterocycles. The molecule has 5 rings (SSSR count). The maximum atomic E-state index is 5.39. The van der Waals surface area contributed by atoms with Crippen LogP contribution in [0.15, 0.2) is 92.5 Å². The largest absolute Gasteiger partial charge is 0.341 e. The number of guanidine groups is 2. The molecule has 6 nitrogen and oxygen atoms in total. The summed E-state index contributed by atoms with van der Waals surface area (Å²) in [7, 11) is 0. The Bertz CT molecular complexity index is 1510. The van der Waals surface area contributed by atoms with Gasteiger partial charge in [-0.25, -0.2) is 9.89 Å². The number of rotatable bonds is 24. The van der Waals surface area contributed by atoms with Crippen LogP contribution in [0.2, 0.25) is 0 Å². The zero-order valence-electron chi connectivity index (χ0n) is 32.1. The third-order valence-corrected chi connectivity index (χ3v) is 10.3. The van der Waals surface area contributed by atoms with E-state index in [-0.39, 0.29) is 0 Å². The van der Waals surface area contributed by atoms with E-state index in [1.54, 1.807) is 0 Å². The summed E-state index contributed by atoms with van der Waals surface area (Å²) in [6, 6.07) is 21.2. The number of unbranched alkanes of at least 4 members (excludes halogenated alkanes) is 18. The van der Waals surface area contributed by atoms with Gasteiger partial charge in [0, 0.05) is 24.2 Å². The van der Waals surface area contributed by atoms with Gasteiger partial charge < -0.3 is 4.90 Å². The Labute approximate surface area is 309 Å². The summed E-state index contributed by atoms with van der Waals surface area (Å²) in [6.07, 6.45) is 29.0. The zero-order valence-corrected chi connectivity index (χ0v) is 32.1. The minimum absolute atomic E-state index is 0.670. The van der Waals surface area contributed by atoms with Crippen LogP contribution in [0.1, 0.15) is 160 Å². The average Bonchev–Trinajstić information content (AvgIpc) is 3.16. The molecule has 2 aromatic carbocycles. The van der Waals surface area contributed by atoms with Crippen LogP contribution in [-0.4, -0.2) is 46.5 Å². The molecule has 0 N–H and O–H groups in total. The number of nitrogens with zero attached hydrogens (tertiary/aromatic N) is 6. The fourth-order valence-electron chi connectivity index (χ4n) is 7.38. The molecule has 51 heavy (non-hydrogen) atoms. The van der Waals surface area contributed by atoms with Gasteiger partial charge in [-0.1, -0.05) is 190 Å². The summed E-state index contributed by atoms with van der Waals surface area (Å²) in [4.78, 5) is 25.1. The zero-order chi connectivity index (χ0) is 35.5. The Morgan fingerprint density at radius 3 is 1.49 bits per heavy atom. The molecule has 0 saturated carbocycles. The number of allylic oxidation sites excluding steroid dienone is 2. The average molecular weight is 689 g/mol. The smallest absolute Gasteiger partial charge is 0.242 e. The third kappa shape index (κ3) is 11.6. The van der Waals surface area contributed by atoms with Crippen LogP contribution in [0.4, 0.5) is 0 Å². The fourth-order valence-corrected chi connectivity index (χ4v) is 7.38. The maximum Gasteiger partial charge on any atom is 0.242 e. The van der Waals surface area contributed by atoms with Gasteiger partial charge in [-0.15, -0.1) is 0 Å². The first kappa shape index (κ1) is 38.4. The van der Waals surface area contributed by atoms with E-state index < -0.39 is 0 Å². The van der Waals surface area contributed by atoms with Crippen molar-refractivity contribution in [2.45, 2.75) is 149 Å². The highest BCUT2D eigenvalue weighted by molar-refractivity contribution is 6.35. The van der Waals surface area contributed by atoms with Gasteiger partial charge in [0.2, 0.25) is 11.9 Å². The molecule has 0 unspecified atom stereocenters. The second kappa shape index (κ2) is 21.5. The Kier molecular flexibility index (Phi) is 16.2. The number of hydrogen-bond donors (Lipinski definition) is 0. The first-order valence-corrected chi connectivity index (χ1v) is 20.6. The van der Waals surface area contributed by atoms with Crippen molar-refractivity contribution in [1.29, 1.82) is 0 Å². The molecule has 0 amide bonds. The van der Waals surface area contributed by atoms with Crippen molar-refractivity contribution in [3.63, 3.8) is 0 Å². The molecule has 0 radical (unpaired) electrons. The van der Waals surface area contributed by atoms with Crippen LogP contribution in [-0.2, 0) is 0 Å². The van der Waals surface area contributed by atoms with Crippen molar-refractivity contribution in [2.24, 2.45) is 20.0 Å². The van der Waals surface area contributed by atoms with Gasteiger partial charge in [0.15, 0.2) is 11.7 Å². The van der Waals surface area contributed by atoms with Crippen molar-refractivity contribution in [2.75, 3.05) is 13.1 Å². The lowest BCUT2D eigenvalue weighted by Crippen LogP contribution is -2.46. The number of benzene rings is 2. The second-order valence-electron chi connectivity index (χ2n) is 14.6. The molecule has 2 aromatic rings. The molecule has 3 heterocycles. The van der Waals surface area contributed by atoms with E-state index in [9.17, 15) is 0 Å². The van der Waals surface area contributed by atoms with Crippen molar-refractivity contribution >= 4 is 34.7 Å². The minimum Gasteiger partial charge on any atom is -0.341 e. The van der Waals surface area contributed by atoms with Crippen molar-refractivity contribution in [3.05, 3.63) is 83.7 Å². The van der Waals surface area contributed by atoms with Gasteiger partial charge >= 0.3 is 0 Å². The SMILES string of the molecule is CCCCCCCCCCCCN(CCCCCCCCCCCC)C1=NC2=C(c3ccccc3)C=C(c3ccccc3)C3=NC(C)=NC(=N1)N32. The molecule has 6 heteroatoms. The highest BCUT2D eigenvalue weighted by atomic mass is 15.5. The van der Waals surface area contributed by atoms with Gasteiger partial charge in [-0.05, 0) is 37.0 Å². The van der Waals surface area contributed by atoms with E-state index >= 15 is 0 Å². The molecule has 0 aliphatic carbocycles. The predicted octanol–water partition coefficient (Wildman–Crippen LogP) is 12.5. The molecule has 0 aromatic heterocycles. The topological polar surface area (TPSA) is 55.9 Å². The minimum atomic E-state index is 0.670. The molecule has 0 fully saturated rings. The monoisotopic (exact) mass is 689 g/mol. The van der Waals surface area contributed by atoms with Crippen molar-refractivity contribution < 1.29 is 0 Å². The van der Waals surface area contributed by atoms with Crippen LogP contribution < -0.4 is 0 Å². The van der Waals surface area contributed by atoms with Gasteiger partial charge in [-0.3, -0.25) is 0 Å². The second-order valence-corrected chi connectivity index (χ2v) is 14.6. The Morgan fingerprint density at radius 1 is 0.510 bits per heavy atom. The van der Waals surface area contributed by atoms with E-state index in [4.69, 9.17) is 20.0 Å². The van der Waals surface area contributed by atoms with Crippen LogP contribution in [0, 0.1) is 0 Å². The van der Waals surface area contributed by atoms with E-state index in [2.05, 4.69) is 90.4 Å². The lowest BCUT2D eigenvalue weighted by Gasteiger charge is -2.37. The van der Waals surface area contributed by atoms with Crippen molar-refractivity contribution in [1.82, 2.24) is 9.80 Å². The maximum absolute atomic E-state index is 5.39. The highest BCUT2D eigenvalue weighted by Crippen LogP contribution is 2.38. The molecule has 274 valence electrons. The predicted molar refractivity (Wildman–Crippen MR) is 220 cm³/mol. The molecule has 0 spiro atoms. The number of aliphatic imine (C=N–C) groups is 4. The van der Waals surface area contributed by atoms with Crippen LogP contribution in [0.3, 0.4) is 0 Å². The van der Waals surface area contributed by atoms with Crippen LogP contribution in [0.25, 0.3) is 11.1 Å². The summed E-state index contributed by atoms with van der Waals surface area (Å²) in [5.74, 6) is 3.91. The Morgan fingerprint density at radius 2 is 0.980 bits per heavy atom. The van der Waals surface area contributed by atoms with Crippen LogP contribution in [0.5, 0.6) is 0 Å². The van der Waals surface area contributed by atoms with Gasteiger partial charge in [0.1, 0.15) is 5.84 Å². The number of amidine groups is 2. The Balaban J connectivity index is 1.34.